The summed E-state index contributed by atoms with van der Waals surface area (Å²) >= 11 is 0. The van der Waals surface area contributed by atoms with Gasteiger partial charge in [0.05, 0.1) is 6.42 Å². The fourth-order valence-corrected chi connectivity index (χ4v) is 0.987. The molecule has 0 amide bonds. The maximum absolute atomic E-state index is 10.6. The zero-order chi connectivity index (χ0) is 10.4. The van der Waals surface area contributed by atoms with Crippen molar-refractivity contribution in [2.45, 2.75) is 27.2 Å². The van der Waals surface area contributed by atoms with Gasteiger partial charge in [0.2, 0.25) is 0 Å². The molecule has 0 saturated carbocycles. The zero-order valence-electron chi connectivity index (χ0n) is 8.28. The third-order valence-corrected chi connectivity index (χ3v) is 1.84. The van der Waals surface area contributed by atoms with Gasteiger partial charge in [0.15, 0.2) is 5.78 Å². The summed E-state index contributed by atoms with van der Waals surface area (Å²) in [7, 11) is 0. The molecule has 0 aromatic rings. The molecule has 0 aliphatic rings. The van der Waals surface area contributed by atoms with Crippen molar-refractivity contribution < 1.29 is 14.7 Å². The summed E-state index contributed by atoms with van der Waals surface area (Å²) in [6, 6.07) is 0. The number of hydrogen-bond donors (Lipinski definition) is 1. The summed E-state index contributed by atoms with van der Waals surface area (Å²) in [6.07, 6.45) is 3.20. The van der Waals surface area contributed by atoms with Crippen molar-refractivity contribution in [3.63, 3.8) is 0 Å². The summed E-state index contributed by atoms with van der Waals surface area (Å²) < 4.78 is 0. The Morgan fingerprint density at radius 3 is 2.23 bits per heavy atom. The molecule has 3 nitrogen and oxygen atoms in total. The first kappa shape index (κ1) is 11.9. The number of rotatable bonds is 5. The molecule has 3 heteroatoms. The minimum atomic E-state index is -0.827. The molecular formula is C10H16O3. The Morgan fingerprint density at radius 1 is 1.38 bits per heavy atom. The third-order valence-electron chi connectivity index (χ3n) is 1.84. The largest absolute Gasteiger partial charge is 0.481 e. The molecule has 1 N–H and O–H groups in total. The van der Waals surface area contributed by atoms with E-state index in [9.17, 15) is 9.59 Å². The molecular weight excluding hydrogens is 168 g/mol. The maximum Gasteiger partial charge on any atom is 0.303 e. The smallest absolute Gasteiger partial charge is 0.303 e. The summed E-state index contributed by atoms with van der Waals surface area (Å²) in [5.74, 6) is -0.684. The molecule has 0 spiro atoms. The Kier molecular flexibility index (Phi) is 5.04. The second-order valence-electron chi connectivity index (χ2n) is 3.48. The number of allylic oxidation sites excluding steroid dienone is 2. The van der Waals surface area contributed by atoms with Crippen LogP contribution in [0.25, 0.3) is 0 Å². The van der Waals surface area contributed by atoms with Crippen LogP contribution in [0.2, 0.25) is 0 Å². The minimum absolute atomic E-state index is 0.0453. The van der Waals surface area contributed by atoms with Crippen molar-refractivity contribution in [1.29, 1.82) is 0 Å². The molecule has 0 heterocycles. The highest BCUT2D eigenvalue weighted by Gasteiger charge is 2.13. The van der Waals surface area contributed by atoms with E-state index in [-0.39, 0.29) is 24.0 Å². The Balaban J connectivity index is 4.26. The van der Waals surface area contributed by atoms with Crippen molar-refractivity contribution >= 4 is 11.8 Å². The number of carbonyl (C=O) groups is 2. The van der Waals surface area contributed by atoms with Crippen LogP contribution in [0, 0.1) is 11.8 Å². The Labute approximate surface area is 78.5 Å². The van der Waals surface area contributed by atoms with E-state index in [1.54, 1.807) is 6.08 Å². The fraction of sp³-hybridized carbons (Fsp3) is 0.600. The van der Waals surface area contributed by atoms with E-state index in [1.165, 1.54) is 13.0 Å². The molecule has 1 atom stereocenters. The van der Waals surface area contributed by atoms with Crippen molar-refractivity contribution in [2.24, 2.45) is 11.8 Å². The highest BCUT2D eigenvalue weighted by atomic mass is 16.4. The molecule has 0 bridgehead atoms. The van der Waals surface area contributed by atoms with Gasteiger partial charge < -0.3 is 5.11 Å². The average Bonchev–Trinajstić information content (AvgIpc) is 1.96. The third kappa shape index (κ3) is 6.08. The number of carboxylic acids is 1. The van der Waals surface area contributed by atoms with Gasteiger partial charge in [0, 0.05) is 0 Å². The molecule has 0 radical (unpaired) electrons. The Bertz CT molecular complexity index is 216. The van der Waals surface area contributed by atoms with Gasteiger partial charge in [0.1, 0.15) is 0 Å². The highest BCUT2D eigenvalue weighted by Crippen LogP contribution is 2.16. The SMILES string of the molecule is CC(=O)C=C[C@H](CC(=O)O)C(C)C. The van der Waals surface area contributed by atoms with E-state index in [1.807, 2.05) is 13.8 Å². The molecule has 0 aromatic carbocycles. The molecule has 0 aliphatic carbocycles. The molecule has 0 fully saturated rings. The fourth-order valence-electron chi connectivity index (χ4n) is 0.987. The van der Waals surface area contributed by atoms with E-state index < -0.39 is 5.97 Å². The number of ketones is 1. The van der Waals surface area contributed by atoms with Gasteiger partial charge in [-0.1, -0.05) is 19.9 Å². The van der Waals surface area contributed by atoms with Crippen molar-refractivity contribution in [3.8, 4) is 0 Å². The first-order valence-corrected chi connectivity index (χ1v) is 4.34. The highest BCUT2D eigenvalue weighted by molar-refractivity contribution is 5.87. The van der Waals surface area contributed by atoms with Crippen LogP contribution in [0.15, 0.2) is 12.2 Å². The van der Waals surface area contributed by atoms with Crippen molar-refractivity contribution in [3.05, 3.63) is 12.2 Å². The average molecular weight is 184 g/mol. The summed E-state index contributed by atoms with van der Waals surface area (Å²) in [5.41, 5.74) is 0. The molecule has 0 saturated heterocycles. The van der Waals surface area contributed by atoms with Crippen LogP contribution in [0.5, 0.6) is 0 Å². The normalized spacial score (nSPS) is 13.5. The lowest BCUT2D eigenvalue weighted by atomic mass is 9.92. The molecule has 0 unspecified atom stereocenters. The zero-order valence-corrected chi connectivity index (χ0v) is 8.28. The van der Waals surface area contributed by atoms with Gasteiger partial charge in [0.25, 0.3) is 0 Å². The molecule has 74 valence electrons. The van der Waals surface area contributed by atoms with Gasteiger partial charge >= 0.3 is 5.97 Å². The second-order valence-corrected chi connectivity index (χ2v) is 3.48. The van der Waals surface area contributed by atoms with Gasteiger partial charge in [-0.15, -0.1) is 0 Å². The first-order valence-electron chi connectivity index (χ1n) is 4.34. The maximum atomic E-state index is 10.6. The minimum Gasteiger partial charge on any atom is -0.481 e. The second kappa shape index (κ2) is 5.51. The summed E-state index contributed by atoms with van der Waals surface area (Å²) in [4.78, 5) is 21.1. The lowest BCUT2D eigenvalue weighted by Crippen LogP contribution is -2.11. The van der Waals surface area contributed by atoms with E-state index in [2.05, 4.69) is 0 Å². The van der Waals surface area contributed by atoms with Crippen LogP contribution < -0.4 is 0 Å². The monoisotopic (exact) mass is 184 g/mol. The van der Waals surface area contributed by atoms with E-state index in [0.29, 0.717) is 0 Å². The predicted octanol–water partition coefficient (Wildman–Crippen LogP) is 1.88. The molecule has 0 rings (SSSR count). The topological polar surface area (TPSA) is 54.4 Å². The lowest BCUT2D eigenvalue weighted by molar-refractivity contribution is -0.138. The number of hydrogen-bond acceptors (Lipinski definition) is 2. The Morgan fingerprint density at radius 2 is 1.92 bits per heavy atom. The summed E-state index contributed by atoms with van der Waals surface area (Å²) in [5, 5.41) is 8.58. The van der Waals surface area contributed by atoms with Crippen LogP contribution in [-0.2, 0) is 9.59 Å². The molecule has 0 aliphatic heterocycles. The predicted molar refractivity (Wildman–Crippen MR) is 50.4 cm³/mol. The van der Waals surface area contributed by atoms with Gasteiger partial charge in [-0.3, -0.25) is 9.59 Å². The Hall–Kier alpha value is -1.12. The van der Waals surface area contributed by atoms with E-state index in [0.717, 1.165) is 0 Å². The van der Waals surface area contributed by atoms with Gasteiger partial charge in [-0.05, 0) is 24.8 Å². The lowest BCUT2D eigenvalue weighted by Gasteiger charge is -2.13. The number of aliphatic carboxylic acids is 1. The van der Waals surface area contributed by atoms with Crippen LogP contribution >= 0.6 is 0 Å². The first-order chi connectivity index (χ1) is 5.93. The molecule has 13 heavy (non-hydrogen) atoms. The van der Waals surface area contributed by atoms with Crippen LogP contribution in [0.4, 0.5) is 0 Å². The van der Waals surface area contributed by atoms with Crippen LogP contribution in [0.1, 0.15) is 27.2 Å². The standard InChI is InChI=1S/C10H16O3/c1-7(2)9(6-10(12)13)5-4-8(3)11/h4-5,7,9H,6H2,1-3H3,(H,12,13)/t9-/m1/s1. The number of carbonyl (C=O) groups excluding carboxylic acids is 1. The van der Waals surface area contributed by atoms with Crippen LogP contribution in [-0.4, -0.2) is 16.9 Å². The van der Waals surface area contributed by atoms with Gasteiger partial charge in [-0.25, -0.2) is 0 Å². The van der Waals surface area contributed by atoms with Crippen molar-refractivity contribution in [1.82, 2.24) is 0 Å². The molecule has 0 aromatic heterocycles. The quantitative estimate of drug-likeness (QED) is 0.664. The number of carboxylic acid groups (broad SMARTS) is 1. The van der Waals surface area contributed by atoms with E-state index >= 15 is 0 Å². The van der Waals surface area contributed by atoms with Crippen molar-refractivity contribution in [2.75, 3.05) is 0 Å². The van der Waals surface area contributed by atoms with Gasteiger partial charge in [-0.2, -0.15) is 0 Å². The van der Waals surface area contributed by atoms with E-state index in [4.69, 9.17) is 5.11 Å². The summed E-state index contributed by atoms with van der Waals surface area (Å²) in [6.45, 7) is 5.34. The van der Waals surface area contributed by atoms with Crippen LogP contribution in [0.3, 0.4) is 0 Å².